The molecule has 1 aromatic carbocycles. The lowest BCUT2D eigenvalue weighted by atomic mass is 10.1. The lowest BCUT2D eigenvalue weighted by Crippen LogP contribution is -2.33. The van der Waals surface area contributed by atoms with Gasteiger partial charge in [-0.2, -0.15) is 0 Å². The van der Waals surface area contributed by atoms with Crippen molar-refractivity contribution in [3.05, 3.63) is 40.9 Å². The van der Waals surface area contributed by atoms with Crippen molar-refractivity contribution >= 4 is 11.6 Å². The van der Waals surface area contributed by atoms with Crippen LogP contribution in [0, 0.1) is 0 Å². The van der Waals surface area contributed by atoms with Crippen LogP contribution in [0.15, 0.2) is 30.4 Å². The highest BCUT2D eigenvalue weighted by molar-refractivity contribution is 6.32. The molecule has 1 heterocycles. The minimum absolute atomic E-state index is 0.000344. The van der Waals surface area contributed by atoms with Crippen LogP contribution in [0.5, 0.6) is 5.75 Å². The molecule has 1 saturated heterocycles. The smallest absolute Gasteiger partial charge is 0.138 e. The molecule has 4 heteroatoms. The fraction of sp³-hybridized carbons (Fsp3) is 0.429. The Morgan fingerprint density at radius 2 is 2.44 bits per heavy atom. The van der Waals surface area contributed by atoms with Crippen molar-refractivity contribution in [3.8, 4) is 5.75 Å². The lowest BCUT2D eigenvalue weighted by Gasteiger charge is -2.25. The highest BCUT2D eigenvalue weighted by Gasteiger charge is 2.20. The quantitative estimate of drug-likeness (QED) is 0.851. The first kappa shape index (κ1) is 13.4. The van der Waals surface area contributed by atoms with Crippen LogP contribution in [-0.2, 0) is 4.74 Å². The van der Waals surface area contributed by atoms with Crippen molar-refractivity contribution in [1.82, 2.24) is 5.32 Å². The van der Waals surface area contributed by atoms with Gasteiger partial charge in [0, 0.05) is 18.7 Å². The van der Waals surface area contributed by atoms with E-state index in [0.717, 1.165) is 24.2 Å². The summed E-state index contributed by atoms with van der Waals surface area (Å²) in [6.45, 7) is 8.59. The molecule has 3 nitrogen and oxygen atoms in total. The van der Waals surface area contributed by atoms with Crippen LogP contribution in [-0.4, -0.2) is 26.3 Å². The van der Waals surface area contributed by atoms with Crippen LogP contribution < -0.4 is 10.1 Å². The highest BCUT2D eigenvalue weighted by Crippen LogP contribution is 2.34. The first-order chi connectivity index (χ1) is 8.68. The summed E-state index contributed by atoms with van der Waals surface area (Å²) in [6.07, 6.45) is -0.000344. The van der Waals surface area contributed by atoms with E-state index in [1.807, 2.05) is 25.1 Å². The fourth-order valence-electron chi connectivity index (χ4n) is 1.85. The third-order valence-corrected chi connectivity index (χ3v) is 3.15. The monoisotopic (exact) mass is 267 g/mol. The molecule has 0 aliphatic carbocycles. The SMILES string of the molecule is C=C(C)COc1cccc(C2CNCCO2)c1Cl. The Hall–Kier alpha value is -1.03. The van der Waals surface area contributed by atoms with Gasteiger partial charge in [0.2, 0.25) is 0 Å². The first-order valence-electron chi connectivity index (χ1n) is 6.06. The number of nitrogens with one attached hydrogen (secondary N) is 1. The maximum absolute atomic E-state index is 6.36. The van der Waals surface area contributed by atoms with Gasteiger partial charge in [0.25, 0.3) is 0 Å². The zero-order valence-corrected chi connectivity index (χ0v) is 11.3. The second-order valence-corrected chi connectivity index (χ2v) is 4.85. The molecular formula is C14H18ClNO2. The van der Waals surface area contributed by atoms with Crippen molar-refractivity contribution in [3.63, 3.8) is 0 Å². The summed E-state index contributed by atoms with van der Waals surface area (Å²) in [4.78, 5) is 0. The number of halogens is 1. The summed E-state index contributed by atoms with van der Waals surface area (Å²) < 4.78 is 11.3. The maximum atomic E-state index is 6.36. The minimum atomic E-state index is -0.000344. The zero-order valence-electron chi connectivity index (χ0n) is 10.5. The summed E-state index contributed by atoms with van der Waals surface area (Å²) in [5.41, 5.74) is 1.94. The van der Waals surface area contributed by atoms with Gasteiger partial charge in [-0.3, -0.25) is 0 Å². The van der Waals surface area contributed by atoms with E-state index in [9.17, 15) is 0 Å². The van der Waals surface area contributed by atoms with E-state index in [-0.39, 0.29) is 6.10 Å². The van der Waals surface area contributed by atoms with Crippen molar-refractivity contribution in [2.24, 2.45) is 0 Å². The van der Waals surface area contributed by atoms with E-state index in [0.29, 0.717) is 24.0 Å². The van der Waals surface area contributed by atoms with Gasteiger partial charge in [-0.15, -0.1) is 0 Å². The summed E-state index contributed by atoms with van der Waals surface area (Å²) in [6, 6.07) is 5.78. The predicted octanol–water partition coefficient (Wildman–Crippen LogP) is 2.96. The molecule has 0 amide bonds. The van der Waals surface area contributed by atoms with Crippen molar-refractivity contribution in [2.75, 3.05) is 26.3 Å². The van der Waals surface area contributed by atoms with Gasteiger partial charge >= 0.3 is 0 Å². The molecule has 1 unspecified atom stereocenters. The molecule has 2 rings (SSSR count). The van der Waals surface area contributed by atoms with Crippen LogP contribution in [0.4, 0.5) is 0 Å². The average molecular weight is 268 g/mol. The molecule has 0 saturated carbocycles. The molecule has 0 bridgehead atoms. The van der Waals surface area contributed by atoms with E-state index in [1.54, 1.807) is 0 Å². The van der Waals surface area contributed by atoms with Gasteiger partial charge < -0.3 is 14.8 Å². The Labute approximate surface area is 113 Å². The zero-order chi connectivity index (χ0) is 13.0. The lowest BCUT2D eigenvalue weighted by molar-refractivity contribution is 0.0276. The molecule has 1 fully saturated rings. The van der Waals surface area contributed by atoms with Crippen molar-refractivity contribution in [2.45, 2.75) is 13.0 Å². The number of benzene rings is 1. The van der Waals surface area contributed by atoms with Crippen molar-refractivity contribution < 1.29 is 9.47 Å². The van der Waals surface area contributed by atoms with Gasteiger partial charge in [0.1, 0.15) is 12.4 Å². The molecular weight excluding hydrogens is 250 g/mol. The molecule has 1 N–H and O–H groups in total. The van der Waals surface area contributed by atoms with Crippen LogP contribution in [0.1, 0.15) is 18.6 Å². The van der Waals surface area contributed by atoms with E-state index >= 15 is 0 Å². The van der Waals surface area contributed by atoms with E-state index in [1.165, 1.54) is 0 Å². The molecule has 0 spiro atoms. The van der Waals surface area contributed by atoms with Crippen LogP contribution in [0.25, 0.3) is 0 Å². The van der Waals surface area contributed by atoms with Crippen molar-refractivity contribution in [1.29, 1.82) is 0 Å². The predicted molar refractivity (Wildman–Crippen MR) is 73.3 cm³/mol. The Balaban J connectivity index is 2.15. The summed E-state index contributed by atoms with van der Waals surface area (Å²) in [5, 5.41) is 3.92. The first-order valence-corrected chi connectivity index (χ1v) is 6.44. The largest absolute Gasteiger partial charge is 0.488 e. The minimum Gasteiger partial charge on any atom is -0.488 e. The maximum Gasteiger partial charge on any atom is 0.138 e. The number of hydrogen-bond acceptors (Lipinski definition) is 3. The van der Waals surface area contributed by atoms with Crippen LogP contribution in [0.3, 0.4) is 0 Å². The Kier molecular flexibility index (Phi) is 4.64. The molecule has 0 radical (unpaired) electrons. The van der Waals surface area contributed by atoms with Crippen LogP contribution in [0.2, 0.25) is 5.02 Å². The molecule has 1 atom stereocenters. The average Bonchev–Trinajstić information content (AvgIpc) is 2.38. The second kappa shape index (κ2) is 6.23. The van der Waals surface area contributed by atoms with Gasteiger partial charge in [-0.25, -0.2) is 0 Å². The highest BCUT2D eigenvalue weighted by atomic mass is 35.5. The number of rotatable bonds is 4. The third kappa shape index (κ3) is 3.25. The summed E-state index contributed by atoms with van der Waals surface area (Å²) in [7, 11) is 0. The van der Waals surface area contributed by atoms with E-state index < -0.39 is 0 Å². The molecule has 18 heavy (non-hydrogen) atoms. The third-order valence-electron chi connectivity index (χ3n) is 2.74. The van der Waals surface area contributed by atoms with E-state index in [4.69, 9.17) is 21.1 Å². The number of hydrogen-bond donors (Lipinski definition) is 1. The van der Waals surface area contributed by atoms with Gasteiger partial charge in [0.15, 0.2) is 0 Å². The Morgan fingerprint density at radius 3 is 3.11 bits per heavy atom. The Bertz CT molecular complexity index is 428. The van der Waals surface area contributed by atoms with Gasteiger partial charge in [0.05, 0.1) is 17.7 Å². The Morgan fingerprint density at radius 1 is 1.61 bits per heavy atom. The van der Waals surface area contributed by atoms with Crippen LogP contribution >= 0.6 is 11.6 Å². The number of ether oxygens (including phenoxy) is 2. The van der Waals surface area contributed by atoms with Gasteiger partial charge in [-0.1, -0.05) is 30.3 Å². The van der Waals surface area contributed by atoms with Gasteiger partial charge in [-0.05, 0) is 18.6 Å². The normalized spacial score (nSPS) is 19.6. The van der Waals surface area contributed by atoms with E-state index in [2.05, 4.69) is 11.9 Å². The summed E-state index contributed by atoms with van der Waals surface area (Å²) in [5.74, 6) is 0.686. The topological polar surface area (TPSA) is 30.5 Å². The number of morpholine rings is 1. The fourth-order valence-corrected chi connectivity index (χ4v) is 2.16. The second-order valence-electron chi connectivity index (χ2n) is 4.47. The molecule has 98 valence electrons. The molecule has 1 aliphatic rings. The summed E-state index contributed by atoms with van der Waals surface area (Å²) >= 11 is 6.36. The molecule has 1 aromatic rings. The molecule has 0 aromatic heterocycles. The standard InChI is InChI=1S/C14H18ClNO2/c1-10(2)9-18-12-5-3-4-11(14(12)15)13-8-16-6-7-17-13/h3-5,13,16H,1,6-9H2,2H3. The molecule has 1 aliphatic heterocycles.